The van der Waals surface area contributed by atoms with E-state index in [1.165, 1.54) is 0 Å². The summed E-state index contributed by atoms with van der Waals surface area (Å²) in [5.74, 6) is 0. The largest absolute Gasteiger partial charge is 0.366 e. The van der Waals surface area contributed by atoms with Crippen molar-refractivity contribution in [2.75, 3.05) is 0 Å². The van der Waals surface area contributed by atoms with Gasteiger partial charge in [-0.1, -0.05) is 18.9 Å². The summed E-state index contributed by atoms with van der Waals surface area (Å²) >= 11 is 0. The maximum absolute atomic E-state index is 8.73. The Balaban J connectivity index is 3.13. The smallest absolute Gasteiger partial charge is 0.191 e. The number of hydrogen-bond donors (Lipinski definition) is 2. The van der Waals surface area contributed by atoms with Gasteiger partial charge in [0.1, 0.15) is 0 Å². The van der Waals surface area contributed by atoms with E-state index in [-0.39, 0.29) is 0 Å². The standard InChI is InChI=1S/C6H14O5/c1-3-5(7)9-11-10-6(8)4-2/h5-8H,3-4H2,1-2H3. The Kier molecular flexibility index (Phi) is 6.39. The molecule has 0 aromatic carbocycles. The van der Waals surface area contributed by atoms with Crippen LogP contribution in [0.2, 0.25) is 0 Å². The van der Waals surface area contributed by atoms with E-state index in [0.29, 0.717) is 12.8 Å². The monoisotopic (exact) mass is 166 g/mol. The van der Waals surface area contributed by atoms with E-state index >= 15 is 0 Å². The highest BCUT2D eigenvalue weighted by molar-refractivity contribution is 4.26. The lowest BCUT2D eigenvalue weighted by molar-refractivity contribution is -0.571. The molecule has 0 aliphatic carbocycles. The quantitative estimate of drug-likeness (QED) is 0.338. The van der Waals surface area contributed by atoms with Gasteiger partial charge in [0.2, 0.25) is 0 Å². The van der Waals surface area contributed by atoms with Gasteiger partial charge in [-0.2, -0.15) is 9.78 Å². The molecule has 0 rings (SSSR count). The van der Waals surface area contributed by atoms with Crippen molar-refractivity contribution in [3.05, 3.63) is 0 Å². The van der Waals surface area contributed by atoms with Gasteiger partial charge >= 0.3 is 0 Å². The molecule has 2 atom stereocenters. The maximum atomic E-state index is 8.73. The van der Waals surface area contributed by atoms with Gasteiger partial charge in [-0.05, 0) is 12.8 Å². The Hall–Kier alpha value is -0.200. The molecule has 11 heavy (non-hydrogen) atoms. The fourth-order valence-electron chi connectivity index (χ4n) is 0.249. The zero-order chi connectivity index (χ0) is 8.69. The number of rotatable bonds is 6. The average molecular weight is 166 g/mol. The second-order valence-corrected chi connectivity index (χ2v) is 1.99. The molecule has 0 aromatic rings. The minimum absolute atomic E-state index is 0.394. The second kappa shape index (κ2) is 6.51. The van der Waals surface area contributed by atoms with Crippen LogP contribution in [0.3, 0.4) is 0 Å². The lowest BCUT2D eigenvalue weighted by atomic mass is 10.5. The highest BCUT2D eigenvalue weighted by Gasteiger charge is 2.05. The number of aliphatic hydroxyl groups is 2. The number of hydrogen-bond acceptors (Lipinski definition) is 5. The van der Waals surface area contributed by atoms with Crippen molar-refractivity contribution in [1.82, 2.24) is 0 Å². The zero-order valence-corrected chi connectivity index (χ0v) is 6.69. The molecule has 0 saturated heterocycles. The van der Waals surface area contributed by atoms with Gasteiger partial charge < -0.3 is 10.2 Å². The van der Waals surface area contributed by atoms with Crippen molar-refractivity contribution in [2.24, 2.45) is 0 Å². The minimum Gasteiger partial charge on any atom is -0.366 e. The third-order valence-corrected chi connectivity index (χ3v) is 0.999. The fourth-order valence-corrected chi connectivity index (χ4v) is 0.249. The molecule has 68 valence electrons. The summed E-state index contributed by atoms with van der Waals surface area (Å²) in [6.07, 6.45) is -1.24. The highest BCUT2D eigenvalue weighted by atomic mass is 17.5. The van der Waals surface area contributed by atoms with E-state index < -0.39 is 12.6 Å². The molecule has 2 unspecified atom stereocenters. The van der Waals surface area contributed by atoms with Crippen LogP contribution in [0.5, 0.6) is 0 Å². The highest BCUT2D eigenvalue weighted by Crippen LogP contribution is 1.98. The molecule has 0 spiro atoms. The van der Waals surface area contributed by atoms with Gasteiger partial charge in [0.15, 0.2) is 12.6 Å². The van der Waals surface area contributed by atoms with Crippen molar-refractivity contribution in [3.63, 3.8) is 0 Å². The summed E-state index contributed by atoms with van der Waals surface area (Å²) in [5.41, 5.74) is 0. The van der Waals surface area contributed by atoms with Crippen LogP contribution in [0, 0.1) is 0 Å². The molecule has 0 heterocycles. The fraction of sp³-hybridized carbons (Fsp3) is 1.00. The van der Waals surface area contributed by atoms with E-state index in [1.54, 1.807) is 13.8 Å². The van der Waals surface area contributed by atoms with Crippen LogP contribution in [0.25, 0.3) is 0 Å². The third-order valence-electron chi connectivity index (χ3n) is 0.999. The summed E-state index contributed by atoms with van der Waals surface area (Å²) in [7, 11) is 0. The average Bonchev–Trinajstić information content (AvgIpc) is 2.04. The Morgan fingerprint density at radius 3 is 1.64 bits per heavy atom. The molecular formula is C6H14O5. The normalized spacial score (nSPS) is 16.4. The molecule has 0 fully saturated rings. The maximum Gasteiger partial charge on any atom is 0.191 e. The van der Waals surface area contributed by atoms with Crippen LogP contribution >= 0.6 is 0 Å². The SMILES string of the molecule is CCC(O)OOOC(O)CC. The van der Waals surface area contributed by atoms with Gasteiger partial charge in [0, 0.05) is 0 Å². The first kappa shape index (κ1) is 10.8. The lowest BCUT2D eigenvalue weighted by Crippen LogP contribution is -2.16. The van der Waals surface area contributed by atoms with Gasteiger partial charge in [-0.25, -0.2) is 0 Å². The summed E-state index contributed by atoms with van der Waals surface area (Å²) < 4.78 is 0. The van der Waals surface area contributed by atoms with Crippen molar-refractivity contribution >= 4 is 0 Å². The van der Waals surface area contributed by atoms with Crippen LogP contribution in [-0.2, 0) is 14.8 Å². The van der Waals surface area contributed by atoms with Crippen LogP contribution < -0.4 is 0 Å². The second-order valence-electron chi connectivity index (χ2n) is 1.99. The molecule has 0 aromatic heterocycles. The van der Waals surface area contributed by atoms with Crippen molar-refractivity contribution in [3.8, 4) is 0 Å². The predicted octanol–water partition coefficient (Wildman–Crippen LogP) is 0.323. The molecule has 5 heteroatoms. The summed E-state index contributed by atoms with van der Waals surface area (Å²) in [6, 6.07) is 0. The molecule has 0 saturated carbocycles. The van der Waals surface area contributed by atoms with E-state index in [0.717, 1.165) is 0 Å². The van der Waals surface area contributed by atoms with E-state index in [2.05, 4.69) is 14.8 Å². The van der Waals surface area contributed by atoms with Gasteiger partial charge in [0.05, 0.1) is 0 Å². The Labute approximate surface area is 65.4 Å². The van der Waals surface area contributed by atoms with Crippen molar-refractivity contribution < 1.29 is 25.0 Å². The van der Waals surface area contributed by atoms with Crippen LogP contribution in [0.1, 0.15) is 26.7 Å². The van der Waals surface area contributed by atoms with Crippen LogP contribution in [-0.4, -0.2) is 22.8 Å². The third kappa shape index (κ3) is 6.21. The molecular weight excluding hydrogens is 152 g/mol. The van der Waals surface area contributed by atoms with Crippen molar-refractivity contribution in [2.45, 2.75) is 39.3 Å². The molecule has 0 bridgehead atoms. The van der Waals surface area contributed by atoms with Crippen LogP contribution in [0.4, 0.5) is 0 Å². The lowest BCUT2D eigenvalue weighted by Gasteiger charge is -2.09. The molecule has 5 nitrogen and oxygen atoms in total. The Morgan fingerprint density at radius 2 is 1.36 bits per heavy atom. The zero-order valence-electron chi connectivity index (χ0n) is 6.69. The first-order valence-electron chi connectivity index (χ1n) is 3.55. The van der Waals surface area contributed by atoms with Gasteiger partial charge in [0.25, 0.3) is 0 Å². The summed E-state index contributed by atoms with van der Waals surface area (Å²) in [5, 5.41) is 21.5. The molecule has 2 N–H and O–H groups in total. The molecule has 0 amide bonds. The van der Waals surface area contributed by atoms with E-state index in [4.69, 9.17) is 10.2 Å². The molecule has 0 radical (unpaired) electrons. The Bertz CT molecular complexity index is 77.0. The van der Waals surface area contributed by atoms with Gasteiger partial charge in [-0.3, -0.25) is 0 Å². The minimum atomic E-state index is -1.01. The predicted molar refractivity (Wildman–Crippen MR) is 35.9 cm³/mol. The first-order chi connectivity index (χ1) is 5.20. The summed E-state index contributed by atoms with van der Waals surface area (Å²) in [4.78, 5) is 8.47. The number of aliphatic hydroxyl groups excluding tert-OH is 2. The van der Waals surface area contributed by atoms with E-state index in [9.17, 15) is 0 Å². The van der Waals surface area contributed by atoms with Gasteiger partial charge in [-0.15, -0.1) is 0 Å². The first-order valence-corrected chi connectivity index (χ1v) is 3.55. The molecule has 0 aliphatic rings. The summed E-state index contributed by atoms with van der Waals surface area (Å²) in [6.45, 7) is 3.43. The molecule has 0 aliphatic heterocycles. The van der Waals surface area contributed by atoms with E-state index in [1.807, 2.05) is 0 Å². The van der Waals surface area contributed by atoms with Crippen molar-refractivity contribution in [1.29, 1.82) is 0 Å². The topological polar surface area (TPSA) is 68.2 Å². The Morgan fingerprint density at radius 1 is 1.00 bits per heavy atom. The van der Waals surface area contributed by atoms with Crippen LogP contribution in [0.15, 0.2) is 0 Å².